The molecule has 0 heterocycles. The van der Waals surface area contributed by atoms with E-state index in [1.54, 1.807) is 0 Å². The average Bonchev–Trinajstić information content (AvgIpc) is 2.88. The van der Waals surface area contributed by atoms with Gasteiger partial charge < -0.3 is 10.8 Å². The van der Waals surface area contributed by atoms with Gasteiger partial charge in [0.1, 0.15) is 11.4 Å². The number of sulfonamides is 1. The first-order valence-electron chi connectivity index (χ1n) is 6.49. The minimum absolute atomic E-state index is 0.0947. The summed E-state index contributed by atoms with van der Waals surface area (Å²) in [6.07, 6.45) is 1.88. The van der Waals surface area contributed by atoms with Crippen molar-refractivity contribution >= 4 is 21.8 Å². The standard InChI is InChI=1S/C13H17N3O4S/c14-11(15)9-4-3-5-10(8-9)21(19,20)16-13(12(17)18)6-1-2-7-13/h3-5,8,16H,1-2,6-7H2,(H3,14,15)(H,17,18). The zero-order valence-corrected chi connectivity index (χ0v) is 12.1. The van der Waals surface area contributed by atoms with Crippen molar-refractivity contribution in [2.24, 2.45) is 5.73 Å². The van der Waals surface area contributed by atoms with E-state index in [-0.39, 0.29) is 29.1 Å². The Morgan fingerprint density at radius 1 is 1.33 bits per heavy atom. The molecule has 1 aliphatic carbocycles. The van der Waals surface area contributed by atoms with Gasteiger partial charge in [-0.2, -0.15) is 4.72 Å². The topological polar surface area (TPSA) is 133 Å². The van der Waals surface area contributed by atoms with Crippen LogP contribution >= 0.6 is 0 Å². The second-order valence-corrected chi connectivity index (χ2v) is 6.82. The lowest BCUT2D eigenvalue weighted by molar-refractivity contribution is -0.143. The van der Waals surface area contributed by atoms with E-state index in [0.29, 0.717) is 12.8 Å². The van der Waals surface area contributed by atoms with E-state index in [1.807, 2.05) is 0 Å². The predicted molar refractivity (Wildman–Crippen MR) is 76.6 cm³/mol. The van der Waals surface area contributed by atoms with Crippen molar-refractivity contribution in [3.8, 4) is 0 Å². The Hall–Kier alpha value is -1.93. The van der Waals surface area contributed by atoms with Gasteiger partial charge in [-0.05, 0) is 25.0 Å². The fourth-order valence-corrected chi connectivity index (χ4v) is 3.95. The van der Waals surface area contributed by atoms with Crippen LogP contribution in [0.4, 0.5) is 0 Å². The third-order valence-electron chi connectivity index (χ3n) is 3.65. The third-order valence-corrected chi connectivity index (χ3v) is 5.19. The normalized spacial score (nSPS) is 17.5. The molecular formula is C13H17N3O4S. The minimum atomic E-state index is -3.99. The maximum absolute atomic E-state index is 12.4. The summed E-state index contributed by atoms with van der Waals surface area (Å²) in [7, 11) is -3.99. The highest BCUT2D eigenvalue weighted by Gasteiger charge is 2.44. The number of benzene rings is 1. The first kappa shape index (κ1) is 15.5. The third kappa shape index (κ3) is 3.06. The van der Waals surface area contributed by atoms with Gasteiger partial charge in [0, 0.05) is 5.56 Å². The Bertz CT molecular complexity index is 678. The molecular weight excluding hydrogens is 294 g/mol. The number of rotatable bonds is 5. The summed E-state index contributed by atoms with van der Waals surface area (Å²) in [4.78, 5) is 11.3. The molecule has 0 aromatic heterocycles. The van der Waals surface area contributed by atoms with Crippen LogP contribution in [0.5, 0.6) is 0 Å². The van der Waals surface area contributed by atoms with Gasteiger partial charge in [0.25, 0.3) is 0 Å². The highest BCUT2D eigenvalue weighted by atomic mass is 32.2. The Labute approximate surface area is 122 Å². The largest absolute Gasteiger partial charge is 0.480 e. The van der Waals surface area contributed by atoms with E-state index in [0.717, 1.165) is 0 Å². The highest BCUT2D eigenvalue weighted by Crippen LogP contribution is 2.31. The van der Waals surface area contributed by atoms with Crippen molar-refractivity contribution in [2.75, 3.05) is 0 Å². The van der Waals surface area contributed by atoms with Gasteiger partial charge in [-0.1, -0.05) is 25.0 Å². The minimum Gasteiger partial charge on any atom is -0.480 e. The molecule has 2 rings (SSSR count). The van der Waals surface area contributed by atoms with Crippen LogP contribution in [-0.2, 0) is 14.8 Å². The van der Waals surface area contributed by atoms with Crippen LogP contribution < -0.4 is 10.5 Å². The van der Waals surface area contributed by atoms with Gasteiger partial charge in [0.15, 0.2) is 0 Å². The van der Waals surface area contributed by atoms with Crippen LogP contribution in [0.1, 0.15) is 31.2 Å². The van der Waals surface area contributed by atoms with E-state index in [1.165, 1.54) is 24.3 Å². The fourth-order valence-electron chi connectivity index (χ4n) is 2.49. The number of amidine groups is 1. The van der Waals surface area contributed by atoms with Gasteiger partial charge in [-0.3, -0.25) is 10.2 Å². The summed E-state index contributed by atoms with van der Waals surface area (Å²) in [5.74, 6) is -1.41. The second-order valence-electron chi connectivity index (χ2n) is 5.14. The summed E-state index contributed by atoms with van der Waals surface area (Å²) in [5.41, 5.74) is 4.17. The SMILES string of the molecule is N=C(N)c1cccc(S(=O)(=O)NC2(C(=O)O)CCCC2)c1. The number of carboxylic acid groups (broad SMARTS) is 1. The number of carboxylic acids is 1. The van der Waals surface area contributed by atoms with Gasteiger partial charge in [0.05, 0.1) is 4.90 Å². The number of nitrogens with two attached hydrogens (primary N) is 1. The Balaban J connectivity index is 2.36. The van der Waals surface area contributed by atoms with E-state index >= 15 is 0 Å². The average molecular weight is 311 g/mol. The Kier molecular flexibility index (Phi) is 4.02. The van der Waals surface area contributed by atoms with Crippen molar-refractivity contribution in [1.82, 2.24) is 4.72 Å². The number of hydrogen-bond acceptors (Lipinski definition) is 4. The molecule has 0 bridgehead atoms. The molecule has 1 aromatic carbocycles. The van der Waals surface area contributed by atoms with Crippen molar-refractivity contribution in [3.05, 3.63) is 29.8 Å². The van der Waals surface area contributed by atoms with Crippen LogP contribution in [0.2, 0.25) is 0 Å². The lowest BCUT2D eigenvalue weighted by Crippen LogP contribution is -2.52. The molecule has 0 radical (unpaired) electrons. The van der Waals surface area contributed by atoms with Gasteiger partial charge in [0.2, 0.25) is 10.0 Å². The molecule has 7 nitrogen and oxygen atoms in total. The van der Waals surface area contributed by atoms with Crippen molar-refractivity contribution in [3.63, 3.8) is 0 Å². The summed E-state index contributed by atoms with van der Waals surface area (Å²) in [6.45, 7) is 0. The number of nitrogen functional groups attached to an aromatic ring is 1. The molecule has 21 heavy (non-hydrogen) atoms. The Morgan fingerprint density at radius 2 is 1.95 bits per heavy atom. The van der Waals surface area contributed by atoms with Crippen LogP contribution in [0.3, 0.4) is 0 Å². The molecule has 1 fully saturated rings. The molecule has 1 saturated carbocycles. The van der Waals surface area contributed by atoms with E-state index in [4.69, 9.17) is 11.1 Å². The lowest BCUT2D eigenvalue weighted by Gasteiger charge is -2.25. The van der Waals surface area contributed by atoms with E-state index < -0.39 is 21.5 Å². The quantitative estimate of drug-likeness (QED) is 0.468. The first-order chi connectivity index (χ1) is 9.77. The maximum atomic E-state index is 12.4. The molecule has 0 saturated heterocycles. The fraction of sp³-hybridized carbons (Fsp3) is 0.385. The van der Waals surface area contributed by atoms with Crippen LogP contribution in [0.25, 0.3) is 0 Å². The molecule has 5 N–H and O–H groups in total. The second kappa shape index (κ2) is 5.45. The highest BCUT2D eigenvalue weighted by molar-refractivity contribution is 7.89. The number of nitrogens with one attached hydrogen (secondary N) is 2. The van der Waals surface area contributed by atoms with Crippen molar-refractivity contribution in [2.45, 2.75) is 36.1 Å². The zero-order chi connectivity index (χ0) is 15.7. The molecule has 0 spiro atoms. The van der Waals surface area contributed by atoms with Gasteiger partial charge in [-0.15, -0.1) is 0 Å². The van der Waals surface area contributed by atoms with Crippen LogP contribution in [0.15, 0.2) is 29.2 Å². The summed E-state index contributed by atoms with van der Waals surface area (Å²) in [5, 5.41) is 16.7. The van der Waals surface area contributed by atoms with E-state index in [2.05, 4.69) is 4.72 Å². The summed E-state index contributed by atoms with van der Waals surface area (Å²) >= 11 is 0. The molecule has 0 atom stereocenters. The molecule has 1 aliphatic rings. The maximum Gasteiger partial charge on any atom is 0.324 e. The number of hydrogen-bond donors (Lipinski definition) is 4. The predicted octanol–water partition coefficient (Wildman–Crippen LogP) is 0.646. The first-order valence-corrected chi connectivity index (χ1v) is 7.97. The number of carbonyl (C=O) groups is 1. The molecule has 0 unspecified atom stereocenters. The van der Waals surface area contributed by atoms with Crippen LogP contribution in [-0.4, -0.2) is 30.9 Å². The molecule has 114 valence electrons. The molecule has 1 aromatic rings. The Morgan fingerprint density at radius 3 is 2.48 bits per heavy atom. The van der Waals surface area contributed by atoms with Crippen molar-refractivity contribution < 1.29 is 18.3 Å². The van der Waals surface area contributed by atoms with Crippen LogP contribution in [0, 0.1) is 5.41 Å². The monoisotopic (exact) mass is 311 g/mol. The van der Waals surface area contributed by atoms with Gasteiger partial charge in [-0.25, -0.2) is 8.42 Å². The number of aliphatic carboxylic acids is 1. The zero-order valence-electron chi connectivity index (χ0n) is 11.3. The smallest absolute Gasteiger partial charge is 0.324 e. The molecule has 8 heteroatoms. The summed E-state index contributed by atoms with van der Waals surface area (Å²) < 4.78 is 27.1. The van der Waals surface area contributed by atoms with Crippen molar-refractivity contribution in [1.29, 1.82) is 5.41 Å². The molecule has 0 amide bonds. The summed E-state index contributed by atoms with van der Waals surface area (Å²) in [6, 6.07) is 5.59. The lowest BCUT2D eigenvalue weighted by atomic mass is 10.0. The van der Waals surface area contributed by atoms with Gasteiger partial charge >= 0.3 is 5.97 Å². The van der Waals surface area contributed by atoms with E-state index in [9.17, 15) is 18.3 Å². The molecule has 0 aliphatic heterocycles.